The second kappa shape index (κ2) is 9.60. The molecule has 5 nitrogen and oxygen atoms in total. The van der Waals surface area contributed by atoms with E-state index in [-0.39, 0.29) is 12.1 Å². The highest BCUT2D eigenvalue weighted by molar-refractivity contribution is 6.02. The summed E-state index contributed by atoms with van der Waals surface area (Å²) in [6.45, 7) is 0.977. The molecule has 0 saturated carbocycles. The van der Waals surface area contributed by atoms with Crippen molar-refractivity contribution in [3.8, 4) is 11.1 Å². The summed E-state index contributed by atoms with van der Waals surface area (Å²) in [7, 11) is 0. The first-order chi connectivity index (χ1) is 18.8. The third-order valence-electron chi connectivity index (χ3n) is 7.03. The molecule has 0 amide bonds. The minimum atomic E-state index is -0.0554. The van der Waals surface area contributed by atoms with Crippen LogP contribution in [0.3, 0.4) is 0 Å². The summed E-state index contributed by atoms with van der Waals surface area (Å²) in [5.41, 5.74) is 5.75. The number of hydrogen-bond donors (Lipinski definition) is 0. The van der Waals surface area contributed by atoms with Gasteiger partial charge in [-0.15, -0.1) is 0 Å². The maximum Gasteiger partial charge on any atom is 0.236 e. The van der Waals surface area contributed by atoms with Crippen molar-refractivity contribution in [3.63, 3.8) is 0 Å². The number of aliphatic imine (C=N–C) groups is 2. The van der Waals surface area contributed by atoms with Gasteiger partial charge in [0, 0.05) is 0 Å². The molecule has 2 atom stereocenters. The summed E-state index contributed by atoms with van der Waals surface area (Å²) in [5, 5.41) is 2.35. The van der Waals surface area contributed by atoms with Gasteiger partial charge in [0.15, 0.2) is 0 Å². The van der Waals surface area contributed by atoms with E-state index >= 15 is 0 Å². The average molecular weight is 496 g/mol. The number of pyridine rings is 1. The van der Waals surface area contributed by atoms with Gasteiger partial charge in [0.2, 0.25) is 11.8 Å². The van der Waals surface area contributed by atoms with Crippen LogP contribution in [-0.4, -0.2) is 30.0 Å². The summed E-state index contributed by atoms with van der Waals surface area (Å²) in [5.74, 6) is 1.08. The molecule has 0 aliphatic carbocycles. The Bertz CT molecular complexity index is 1590. The number of fused-ring (bicyclic) bond motifs is 1. The molecule has 0 fully saturated rings. The molecule has 0 bridgehead atoms. The van der Waals surface area contributed by atoms with Gasteiger partial charge in [-0.1, -0.05) is 103 Å². The minimum Gasteiger partial charge on any atom is -0.474 e. The van der Waals surface area contributed by atoms with Crippen molar-refractivity contribution < 1.29 is 9.47 Å². The summed E-state index contributed by atoms with van der Waals surface area (Å²) >= 11 is 0. The van der Waals surface area contributed by atoms with Crippen molar-refractivity contribution in [2.24, 2.45) is 9.98 Å². The van der Waals surface area contributed by atoms with Gasteiger partial charge in [-0.05, 0) is 45.2 Å². The zero-order valence-corrected chi connectivity index (χ0v) is 20.7. The Kier molecular flexibility index (Phi) is 5.66. The van der Waals surface area contributed by atoms with E-state index in [0.29, 0.717) is 36.4 Å². The molecule has 7 rings (SSSR count). The van der Waals surface area contributed by atoms with Gasteiger partial charge in [-0.2, -0.15) is 0 Å². The Morgan fingerprint density at radius 3 is 1.68 bits per heavy atom. The van der Waals surface area contributed by atoms with Crippen molar-refractivity contribution in [2.75, 3.05) is 13.2 Å². The van der Waals surface area contributed by atoms with E-state index in [0.717, 1.165) is 22.3 Å². The number of rotatable bonds is 5. The number of ether oxygens (including phenoxy) is 2. The van der Waals surface area contributed by atoms with Gasteiger partial charge in [0.1, 0.15) is 36.7 Å². The number of benzene rings is 4. The summed E-state index contributed by atoms with van der Waals surface area (Å²) in [4.78, 5) is 14.8. The molecule has 38 heavy (non-hydrogen) atoms. The largest absolute Gasteiger partial charge is 0.474 e. The topological polar surface area (TPSA) is 56.1 Å². The molecular weight excluding hydrogens is 470 g/mol. The minimum absolute atomic E-state index is 0.0554. The first-order valence-electron chi connectivity index (χ1n) is 12.8. The quantitative estimate of drug-likeness (QED) is 0.265. The molecule has 184 valence electrons. The van der Waals surface area contributed by atoms with E-state index in [2.05, 4.69) is 78.9 Å². The highest BCUT2D eigenvalue weighted by atomic mass is 16.5. The lowest BCUT2D eigenvalue weighted by molar-refractivity contribution is 0.317. The second-order valence-electron chi connectivity index (χ2n) is 9.50. The molecule has 2 aliphatic rings. The number of hydrogen-bond acceptors (Lipinski definition) is 5. The molecule has 2 aliphatic heterocycles. The highest BCUT2D eigenvalue weighted by Crippen LogP contribution is 2.32. The van der Waals surface area contributed by atoms with Crippen molar-refractivity contribution in [1.29, 1.82) is 0 Å². The summed E-state index contributed by atoms with van der Waals surface area (Å²) in [6, 6.07) is 39.2. The fourth-order valence-electron chi connectivity index (χ4n) is 5.10. The van der Waals surface area contributed by atoms with Crippen LogP contribution in [0, 0.1) is 0 Å². The maximum absolute atomic E-state index is 6.10. The Morgan fingerprint density at radius 2 is 1.08 bits per heavy atom. The molecule has 0 spiro atoms. The van der Waals surface area contributed by atoms with E-state index in [4.69, 9.17) is 24.4 Å². The molecule has 0 radical (unpaired) electrons. The summed E-state index contributed by atoms with van der Waals surface area (Å²) in [6.07, 6.45) is 0. The lowest BCUT2D eigenvalue weighted by atomic mass is 9.97. The van der Waals surface area contributed by atoms with Crippen LogP contribution >= 0.6 is 0 Å². The van der Waals surface area contributed by atoms with Gasteiger partial charge in [-0.3, -0.25) is 0 Å². The van der Waals surface area contributed by atoms with Crippen LogP contribution < -0.4 is 0 Å². The molecule has 0 N–H and O–H groups in total. The number of aromatic nitrogens is 1. The van der Waals surface area contributed by atoms with Crippen LogP contribution in [0.4, 0.5) is 0 Å². The van der Waals surface area contributed by atoms with Crippen molar-refractivity contribution in [1.82, 2.24) is 4.98 Å². The van der Waals surface area contributed by atoms with E-state index in [1.165, 1.54) is 10.8 Å². The van der Waals surface area contributed by atoms with Crippen molar-refractivity contribution in [2.45, 2.75) is 12.1 Å². The van der Waals surface area contributed by atoms with Crippen molar-refractivity contribution in [3.05, 3.63) is 138 Å². The third-order valence-corrected chi connectivity index (χ3v) is 7.03. The lowest BCUT2D eigenvalue weighted by Gasteiger charge is -2.11. The van der Waals surface area contributed by atoms with Crippen LogP contribution in [0.15, 0.2) is 125 Å². The van der Waals surface area contributed by atoms with Crippen LogP contribution in [0.5, 0.6) is 0 Å². The SMILES string of the molecule is c1ccc([C@H]2COC(c3cc(-c4cccc5ccccc45)cc(C4=N[C@@H](c5ccccc5)CO4)n3)=N2)cc1. The van der Waals surface area contributed by atoms with Crippen molar-refractivity contribution >= 4 is 22.6 Å². The maximum atomic E-state index is 6.10. The molecule has 0 saturated heterocycles. The van der Waals surface area contributed by atoms with Gasteiger partial charge < -0.3 is 9.47 Å². The fourth-order valence-corrected chi connectivity index (χ4v) is 5.10. The monoisotopic (exact) mass is 495 g/mol. The van der Waals surface area contributed by atoms with E-state index in [9.17, 15) is 0 Å². The normalized spacial score (nSPS) is 18.5. The number of nitrogens with zero attached hydrogens (tertiary/aromatic N) is 3. The second-order valence-corrected chi connectivity index (χ2v) is 9.50. The third kappa shape index (κ3) is 4.22. The standard InChI is InChI=1S/C33H25N3O2/c1-3-11-23(12-4-1)30-20-37-32(35-30)28-18-25(27-17-9-15-22-10-7-8-16-26(22)27)19-29(34-28)33-36-31(21-38-33)24-13-5-2-6-14-24/h1-19,30-31H,20-21H2/t30-,31-/m1/s1. The first kappa shape index (κ1) is 22.4. The van der Waals surface area contributed by atoms with Crippen LogP contribution in [0.25, 0.3) is 21.9 Å². The predicted molar refractivity (Wildman–Crippen MR) is 151 cm³/mol. The Balaban J connectivity index is 1.34. The van der Waals surface area contributed by atoms with E-state index < -0.39 is 0 Å². The Morgan fingerprint density at radius 1 is 0.553 bits per heavy atom. The predicted octanol–water partition coefficient (Wildman–Crippen LogP) is 6.94. The van der Waals surface area contributed by atoms with Gasteiger partial charge >= 0.3 is 0 Å². The molecule has 1 aromatic heterocycles. The van der Waals surface area contributed by atoms with Gasteiger partial charge in [-0.25, -0.2) is 15.0 Å². The molecule has 5 aromatic rings. The zero-order chi connectivity index (χ0) is 25.3. The smallest absolute Gasteiger partial charge is 0.236 e. The van der Waals surface area contributed by atoms with Crippen LogP contribution in [0.2, 0.25) is 0 Å². The lowest BCUT2D eigenvalue weighted by Crippen LogP contribution is -2.11. The van der Waals surface area contributed by atoms with E-state index in [1.54, 1.807) is 0 Å². The first-order valence-corrected chi connectivity index (χ1v) is 12.8. The molecular formula is C33H25N3O2. The van der Waals surface area contributed by atoms with E-state index in [1.807, 2.05) is 36.4 Å². The Labute approximate surface area is 221 Å². The Hall–Kier alpha value is -4.77. The average Bonchev–Trinajstić information content (AvgIpc) is 3.69. The van der Waals surface area contributed by atoms with Crippen LogP contribution in [0.1, 0.15) is 34.6 Å². The highest BCUT2D eigenvalue weighted by Gasteiger charge is 2.27. The molecule has 3 heterocycles. The molecule has 4 aromatic carbocycles. The fraction of sp³-hybridized carbons (Fsp3) is 0.121. The molecule has 0 unspecified atom stereocenters. The molecule has 5 heteroatoms. The van der Waals surface area contributed by atoms with Gasteiger partial charge in [0.25, 0.3) is 0 Å². The van der Waals surface area contributed by atoms with Gasteiger partial charge in [0.05, 0.1) is 0 Å². The zero-order valence-electron chi connectivity index (χ0n) is 20.7. The summed E-state index contributed by atoms with van der Waals surface area (Å²) < 4.78 is 12.2. The van der Waals surface area contributed by atoms with Crippen LogP contribution in [-0.2, 0) is 9.47 Å².